The fourth-order valence-corrected chi connectivity index (χ4v) is 7.00. The number of hydrogen-bond acceptors (Lipinski definition) is 4. The SMILES string of the molecule is CCCCCCCCCCCCOP(O)(=S)SCCCCCCCCCCCC.O=P(O)(O)O.[Mo].[Zn]. The first-order valence-corrected chi connectivity index (χ1v) is 19.4. The van der Waals surface area contributed by atoms with Crippen molar-refractivity contribution in [2.24, 2.45) is 0 Å². The van der Waals surface area contributed by atoms with E-state index < -0.39 is 13.5 Å². The Bertz CT molecular complexity index is 481. The van der Waals surface area contributed by atoms with Gasteiger partial charge in [-0.15, -0.1) is 0 Å². The van der Waals surface area contributed by atoms with Crippen LogP contribution in [0.5, 0.6) is 0 Å². The summed E-state index contributed by atoms with van der Waals surface area (Å²) in [5.41, 5.74) is -2.60. The van der Waals surface area contributed by atoms with Crippen molar-refractivity contribution in [3.05, 3.63) is 0 Å². The average Bonchev–Trinajstić information content (AvgIpc) is 2.74. The summed E-state index contributed by atoms with van der Waals surface area (Å²) >= 11 is 6.79. The third-order valence-electron chi connectivity index (χ3n) is 5.50. The van der Waals surface area contributed by atoms with Crippen LogP contribution >= 0.6 is 24.9 Å². The maximum Gasteiger partial charge on any atom is 0.466 e. The fourth-order valence-electron chi connectivity index (χ4n) is 3.58. The molecule has 0 fully saturated rings. The van der Waals surface area contributed by atoms with Gasteiger partial charge in [0.15, 0.2) is 0 Å². The summed E-state index contributed by atoms with van der Waals surface area (Å²) in [6.07, 6.45) is 26.6. The van der Waals surface area contributed by atoms with Crippen molar-refractivity contribution in [2.75, 3.05) is 12.4 Å². The second-order valence-corrected chi connectivity index (χ2v) is 16.3. The molecule has 1 unspecified atom stereocenters. The van der Waals surface area contributed by atoms with E-state index in [-0.39, 0.29) is 40.5 Å². The van der Waals surface area contributed by atoms with Crippen molar-refractivity contribution in [3.8, 4) is 0 Å². The van der Waals surface area contributed by atoms with E-state index in [1.807, 2.05) is 0 Å². The molecule has 12 heteroatoms. The van der Waals surface area contributed by atoms with E-state index in [2.05, 4.69) is 13.8 Å². The summed E-state index contributed by atoms with van der Waals surface area (Å²) in [7, 11) is -4.64. The monoisotopic (exact) mass is 726 g/mol. The first kappa shape index (κ1) is 45.3. The summed E-state index contributed by atoms with van der Waals surface area (Å²) in [5.74, 6) is 0.947. The zero-order chi connectivity index (χ0) is 26.0. The van der Waals surface area contributed by atoms with E-state index in [9.17, 15) is 4.89 Å². The molecule has 6 nitrogen and oxygen atoms in total. The summed E-state index contributed by atoms with van der Waals surface area (Å²) < 4.78 is 14.5. The van der Waals surface area contributed by atoms with Crippen LogP contribution in [0.1, 0.15) is 142 Å². The van der Waals surface area contributed by atoms with Gasteiger partial charge in [0.05, 0.1) is 6.61 Å². The van der Waals surface area contributed by atoms with Crippen LogP contribution < -0.4 is 0 Å². The van der Waals surface area contributed by atoms with Gasteiger partial charge in [0.1, 0.15) is 0 Å². The summed E-state index contributed by atoms with van der Waals surface area (Å²) in [6, 6.07) is 0. The second kappa shape index (κ2) is 33.5. The minimum Gasteiger partial charge on any atom is -0.337 e. The van der Waals surface area contributed by atoms with Crippen molar-refractivity contribution in [1.82, 2.24) is 0 Å². The summed E-state index contributed by atoms with van der Waals surface area (Å²) in [5, 5.41) is 0. The fraction of sp³-hybridized carbons (Fsp3) is 1.00. The van der Waals surface area contributed by atoms with Gasteiger partial charge in [-0.25, -0.2) is 4.57 Å². The van der Waals surface area contributed by atoms with Crippen LogP contribution in [0.3, 0.4) is 0 Å². The topological polar surface area (TPSA) is 107 Å². The third-order valence-corrected chi connectivity index (χ3v) is 9.92. The number of hydrogen-bond donors (Lipinski definition) is 4. The van der Waals surface area contributed by atoms with Gasteiger partial charge in [-0.2, -0.15) is 0 Å². The molecule has 0 rings (SSSR count). The molecule has 4 N–H and O–H groups in total. The zero-order valence-corrected chi connectivity index (χ0v) is 31.4. The minimum absolute atomic E-state index is 0. The minimum atomic E-state index is -4.64. The Kier molecular flexibility index (Phi) is 42.2. The maximum atomic E-state index is 10.3. The van der Waals surface area contributed by atoms with E-state index in [4.69, 9.17) is 35.6 Å². The molecule has 0 aromatic carbocycles. The van der Waals surface area contributed by atoms with Crippen LogP contribution in [-0.2, 0) is 61.4 Å². The molecule has 0 aliphatic rings. The van der Waals surface area contributed by atoms with Crippen molar-refractivity contribution < 1.29 is 69.2 Å². The largest absolute Gasteiger partial charge is 0.466 e. The molecule has 0 saturated carbocycles. The van der Waals surface area contributed by atoms with Crippen LogP contribution in [-0.4, -0.2) is 31.9 Å². The Morgan fingerprint density at radius 1 is 0.611 bits per heavy atom. The standard InChI is InChI=1S/C24H51O2PS2.Mo.H3O4P.Zn/c1-3-5-7-9-11-13-15-17-19-21-23-26-27(25,28)29-24-22-20-18-16-14-12-10-8-6-4-2;;1-5(2,3)4;/h3-24H2,1-2H3,(H,25,28);;(H3,1,2,3,4);. The molecule has 1 atom stereocenters. The second-order valence-electron chi connectivity index (χ2n) is 9.01. The van der Waals surface area contributed by atoms with Gasteiger partial charge in [-0.05, 0) is 24.6 Å². The number of rotatable bonds is 24. The molecule has 0 aliphatic heterocycles. The Balaban J connectivity index is -0.000000661. The van der Waals surface area contributed by atoms with Gasteiger partial charge in [-0.1, -0.05) is 141 Å². The van der Waals surface area contributed by atoms with Gasteiger partial charge in [0, 0.05) is 46.3 Å². The molecule has 36 heavy (non-hydrogen) atoms. The molecule has 0 heterocycles. The molecular formula is C24H54MoO6P2S2Zn. The Morgan fingerprint density at radius 2 is 0.889 bits per heavy atom. The molecule has 216 valence electrons. The molecule has 0 aromatic rings. The van der Waals surface area contributed by atoms with Gasteiger partial charge >= 0.3 is 7.82 Å². The number of phosphoric acid groups is 1. The third kappa shape index (κ3) is 49.3. The molecule has 0 radical (unpaired) electrons. The summed E-state index contributed by atoms with van der Waals surface area (Å²) in [6.45, 7) is 5.17. The van der Waals surface area contributed by atoms with Gasteiger partial charge < -0.3 is 24.1 Å². The van der Waals surface area contributed by atoms with E-state index in [0.717, 1.165) is 18.6 Å². The first-order valence-electron chi connectivity index (χ1n) is 13.5. The van der Waals surface area contributed by atoms with Gasteiger partial charge in [-0.3, -0.25) is 0 Å². The van der Waals surface area contributed by atoms with Gasteiger partial charge in [0.25, 0.3) is 0 Å². The van der Waals surface area contributed by atoms with Crippen molar-refractivity contribution in [1.29, 1.82) is 0 Å². The average molecular weight is 726 g/mol. The smallest absolute Gasteiger partial charge is 0.337 e. The van der Waals surface area contributed by atoms with E-state index in [0.29, 0.717) is 6.61 Å². The summed E-state index contributed by atoms with van der Waals surface area (Å²) in [4.78, 5) is 31.8. The van der Waals surface area contributed by atoms with Crippen LogP contribution in [0.15, 0.2) is 0 Å². The van der Waals surface area contributed by atoms with Crippen LogP contribution in [0.25, 0.3) is 0 Å². The normalized spacial score (nSPS) is 12.6. The van der Waals surface area contributed by atoms with Crippen molar-refractivity contribution in [2.45, 2.75) is 142 Å². The number of unbranched alkanes of at least 4 members (excludes halogenated alkanes) is 18. The Labute approximate surface area is 258 Å². The van der Waals surface area contributed by atoms with Crippen LogP contribution in [0, 0.1) is 0 Å². The van der Waals surface area contributed by atoms with Crippen LogP contribution in [0.4, 0.5) is 0 Å². The molecule has 0 spiro atoms. The van der Waals surface area contributed by atoms with Crippen LogP contribution in [0.2, 0.25) is 0 Å². The maximum absolute atomic E-state index is 10.3. The first-order chi connectivity index (χ1) is 16.1. The van der Waals surface area contributed by atoms with Gasteiger partial charge in [0.2, 0.25) is 5.69 Å². The molecule has 0 aliphatic carbocycles. The predicted molar refractivity (Wildman–Crippen MR) is 153 cm³/mol. The van der Waals surface area contributed by atoms with Crippen molar-refractivity contribution >= 4 is 36.7 Å². The Hall–Kier alpha value is 2.34. The predicted octanol–water partition coefficient (Wildman–Crippen LogP) is 8.86. The quantitative estimate of drug-likeness (QED) is 0.0444. The zero-order valence-electron chi connectivity index (χ0n) is 23.0. The molecule has 0 saturated heterocycles. The van der Waals surface area contributed by atoms with Crippen molar-refractivity contribution in [3.63, 3.8) is 0 Å². The Morgan fingerprint density at radius 3 is 1.22 bits per heavy atom. The van der Waals surface area contributed by atoms with E-state index >= 15 is 0 Å². The van der Waals surface area contributed by atoms with E-state index in [1.165, 1.54) is 127 Å². The van der Waals surface area contributed by atoms with E-state index in [1.54, 1.807) is 0 Å². The molecule has 0 bridgehead atoms. The molecule has 0 amide bonds. The molecular weight excluding hydrogens is 672 g/mol. The molecule has 0 aromatic heterocycles.